The van der Waals surface area contributed by atoms with Crippen molar-refractivity contribution in [3.8, 4) is 5.75 Å². The average Bonchev–Trinajstić information content (AvgIpc) is 2.13. The molecule has 1 rings (SSSR count). The largest absolute Gasteiger partial charge is 0.506 e. The molecule has 0 bridgehead atoms. The van der Waals surface area contributed by atoms with Crippen LogP contribution in [0, 0.1) is 7.14 Å². The molecule has 0 aromatic heterocycles. The van der Waals surface area contributed by atoms with Crippen LogP contribution >= 0.6 is 57.6 Å². The van der Waals surface area contributed by atoms with Crippen molar-refractivity contribution in [1.82, 2.24) is 0 Å². The van der Waals surface area contributed by atoms with Gasteiger partial charge in [0, 0.05) is 12.6 Å². The monoisotopic (exact) mass is 455 g/mol. The van der Waals surface area contributed by atoms with Gasteiger partial charge >= 0.3 is 0 Å². The first kappa shape index (κ1) is 15.7. The highest BCUT2D eigenvalue weighted by Gasteiger charge is 2.10. The second-order valence-corrected chi connectivity index (χ2v) is 5.28. The lowest BCUT2D eigenvalue weighted by Crippen LogP contribution is -2.12. The van der Waals surface area contributed by atoms with Crippen LogP contribution in [0.5, 0.6) is 5.75 Å². The molecule has 86 valence electrons. The Bertz CT molecular complexity index is 313. The molecule has 3 nitrogen and oxygen atoms in total. The standard InChI is InChI=1S/C9H11I2NO2.ClH/c10-6-3-5(8(12)1-2-13)4-7(11)9(6)14;/h3-4,8,13-14H,1-2,12H2;1H/t8-;/m0./s1. The molecule has 0 heterocycles. The van der Waals surface area contributed by atoms with Gasteiger partial charge in [0.1, 0.15) is 5.75 Å². The van der Waals surface area contributed by atoms with Gasteiger partial charge in [-0.05, 0) is 69.3 Å². The van der Waals surface area contributed by atoms with Gasteiger partial charge in [-0.2, -0.15) is 0 Å². The van der Waals surface area contributed by atoms with Crippen molar-refractivity contribution in [3.05, 3.63) is 24.8 Å². The normalized spacial score (nSPS) is 12.0. The van der Waals surface area contributed by atoms with Crippen molar-refractivity contribution in [2.24, 2.45) is 5.73 Å². The Morgan fingerprint density at radius 3 is 2.13 bits per heavy atom. The Hall–Kier alpha value is 0.690. The van der Waals surface area contributed by atoms with E-state index in [1.165, 1.54) is 0 Å². The van der Waals surface area contributed by atoms with Crippen molar-refractivity contribution < 1.29 is 10.2 Å². The number of rotatable bonds is 3. The van der Waals surface area contributed by atoms with Crippen LogP contribution in [0.4, 0.5) is 0 Å². The Labute approximate surface area is 122 Å². The minimum Gasteiger partial charge on any atom is -0.506 e. The molecule has 1 aromatic carbocycles. The Morgan fingerprint density at radius 2 is 1.73 bits per heavy atom. The Kier molecular flexibility index (Phi) is 7.43. The third kappa shape index (κ3) is 4.22. The summed E-state index contributed by atoms with van der Waals surface area (Å²) in [6.45, 7) is 0.0786. The number of aromatic hydroxyl groups is 1. The van der Waals surface area contributed by atoms with Crippen LogP contribution in [0.1, 0.15) is 18.0 Å². The molecule has 0 aliphatic carbocycles. The molecule has 0 radical (unpaired) electrons. The van der Waals surface area contributed by atoms with Crippen LogP contribution in [0.3, 0.4) is 0 Å². The zero-order valence-corrected chi connectivity index (χ0v) is 12.9. The molecule has 0 amide bonds. The predicted molar refractivity (Wildman–Crippen MR) is 79.4 cm³/mol. The van der Waals surface area contributed by atoms with Crippen molar-refractivity contribution in [2.75, 3.05) is 6.61 Å². The zero-order chi connectivity index (χ0) is 10.7. The molecule has 0 saturated heterocycles. The van der Waals surface area contributed by atoms with Gasteiger partial charge in [0.2, 0.25) is 0 Å². The first-order valence-electron chi connectivity index (χ1n) is 4.10. The van der Waals surface area contributed by atoms with Crippen LogP contribution in [0.2, 0.25) is 0 Å². The second-order valence-electron chi connectivity index (χ2n) is 2.95. The van der Waals surface area contributed by atoms with E-state index in [0.717, 1.165) is 12.7 Å². The second kappa shape index (κ2) is 7.10. The average molecular weight is 455 g/mol. The highest BCUT2D eigenvalue weighted by Crippen LogP contribution is 2.29. The van der Waals surface area contributed by atoms with E-state index >= 15 is 0 Å². The van der Waals surface area contributed by atoms with Gasteiger partial charge < -0.3 is 15.9 Å². The summed E-state index contributed by atoms with van der Waals surface area (Å²) in [5.74, 6) is 0.297. The van der Waals surface area contributed by atoms with Crippen LogP contribution in [-0.4, -0.2) is 16.8 Å². The molecule has 6 heteroatoms. The van der Waals surface area contributed by atoms with E-state index in [1.54, 1.807) is 0 Å². The van der Waals surface area contributed by atoms with Crippen molar-refractivity contribution in [3.63, 3.8) is 0 Å². The number of phenolic OH excluding ortho intramolecular Hbond substituents is 1. The Balaban J connectivity index is 0.00000196. The van der Waals surface area contributed by atoms with Gasteiger partial charge in [-0.25, -0.2) is 0 Å². The maximum absolute atomic E-state index is 9.54. The molecule has 15 heavy (non-hydrogen) atoms. The lowest BCUT2D eigenvalue weighted by molar-refractivity contribution is 0.276. The summed E-state index contributed by atoms with van der Waals surface area (Å²) >= 11 is 4.13. The Morgan fingerprint density at radius 1 is 1.27 bits per heavy atom. The van der Waals surface area contributed by atoms with E-state index in [-0.39, 0.29) is 25.1 Å². The third-order valence-electron chi connectivity index (χ3n) is 1.91. The van der Waals surface area contributed by atoms with Crippen LogP contribution in [0.25, 0.3) is 0 Å². The molecule has 0 aliphatic heterocycles. The number of phenols is 1. The third-order valence-corrected chi connectivity index (χ3v) is 3.55. The molecule has 0 aliphatic rings. The maximum Gasteiger partial charge on any atom is 0.142 e. The predicted octanol–water partition coefficient (Wildman–Crippen LogP) is 2.41. The maximum atomic E-state index is 9.54. The number of hydrogen-bond acceptors (Lipinski definition) is 3. The SMILES string of the molecule is Cl.N[C@@H](CCO)c1cc(I)c(O)c(I)c1. The molecule has 1 aromatic rings. The fraction of sp³-hybridized carbons (Fsp3) is 0.333. The van der Waals surface area contributed by atoms with Gasteiger partial charge in [0.15, 0.2) is 0 Å². The van der Waals surface area contributed by atoms with Crippen molar-refractivity contribution >= 4 is 57.6 Å². The lowest BCUT2D eigenvalue weighted by Gasteiger charge is -2.12. The van der Waals surface area contributed by atoms with Crippen LogP contribution in [-0.2, 0) is 0 Å². The molecule has 0 fully saturated rings. The number of hydrogen-bond donors (Lipinski definition) is 3. The number of aliphatic hydroxyl groups is 1. The van der Waals surface area contributed by atoms with E-state index in [1.807, 2.05) is 12.1 Å². The number of halogens is 3. The number of aliphatic hydroxyl groups excluding tert-OH is 1. The highest BCUT2D eigenvalue weighted by molar-refractivity contribution is 14.1. The topological polar surface area (TPSA) is 66.5 Å². The van der Waals surface area contributed by atoms with E-state index < -0.39 is 0 Å². The highest BCUT2D eigenvalue weighted by atomic mass is 127. The van der Waals surface area contributed by atoms with E-state index in [4.69, 9.17) is 10.8 Å². The molecule has 0 spiro atoms. The smallest absolute Gasteiger partial charge is 0.142 e. The van der Waals surface area contributed by atoms with Crippen molar-refractivity contribution in [2.45, 2.75) is 12.5 Å². The summed E-state index contributed by atoms with van der Waals surface area (Å²) in [6.07, 6.45) is 0.539. The van der Waals surface area contributed by atoms with Gasteiger partial charge in [-0.15, -0.1) is 12.4 Å². The summed E-state index contributed by atoms with van der Waals surface area (Å²) in [6, 6.07) is 3.53. The fourth-order valence-electron chi connectivity index (χ4n) is 1.10. The molecular formula is C9H12ClI2NO2. The quantitative estimate of drug-likeness (QED) is 0.614. The molecule has 0 unspecified atom stereocenters. The van der Waals surface area contributed by atoms with E-state index in [0.29, 0.717) is 12.2 Å². The van der Waals surface area contributed by atoms with E-state index in [2.05, 4.69) is 45.2 Å². The molecule has 4 N–H and O–H groups in total. The fourth-order valence-corrected chi connectivity index (χ4v) is 2.92. The van der Waals surface area contributed by atoms with Gasteiger partial charge in [0.25, 0.3) is 0 Å². The van der Waals surface area contributed by atoms with Gasteiger partial charge in [-0.1, -0.05) is 0 Å². The minimum absolute atomic E-state index is 0. The molecular weight excluding hydrogens is 443 g/mol. The van der Waals surface area contributed by atoms with Gasteiger partial charge in [-0.3, -0.25) is 0 Å². The van der Waals surface area contributed by atoms with Crippen LogP contribution in [0.15, 0.2) is 12.1 Å². The molecule has 0 saturated carbocycles. The summed E-state index contributed by atoms with van der Waals surface area (Å²) in [7, 11) is 0. The van der Waals surface area contributed by atoms with Crippen molar-refractivity contribution in [1.29, 1.82) is 0 Å². The van der Waals surface area contributed by atoms with Gasteiger partial charge in [0.05, 0.1) is 7.14 Å². The first-order valence-corrected chi connectivity index (χ1v) is 6.26. The lowest BCUT2D eigenvalue weighted by atomic mass is 10.1. The minimum atomic E-state index is -0.164. The summed E-state index contributed by atoms with van der Waals surface area (Å²) < 4.78 is 1.58. The zero-order valence-electron chi connectivity index (χ0n) is 7.78. The van der Waals surface area contributed by atoms with Crippen LogP contribution < -0.4 is 5.73 Å². The van der Waals surface area contributed by atoms with E-state index in [9.17, 15) is 5.11 Å². The molecule has 1 atom stereocenters. The summed E-state index contributed by atoms with van der Waals surface area (Å²) in [5.41, 5.74) is 6.79. The number of benzene rings is 1. The summed E-state index contributed by atoms with van der Waals surface area (Å²) in [4.78, 5) is 0. The first-order chi connectivity index (χ1) is 6.56. The number of nitrogens with two attached hydrogens (primary N) is 1. The summed E-state index contributed by atoms with van der Waals surface area (Å²) in [5, 5.41) is 18.3.